The van der Waals surface area contributed by atoms with E-state index in [1.165, 1.54) is 44.9 Å². The van der Waals surface area contributed by atoms with Gasteiger partial charge in [0.2, 0.25) is 0 Å². The zero-order chi connectivity index (χ0) is 15.9. The Morgan fingerprint density at radius 2 is 1.78 bits per heavy atom. The van der Waals surface area contributed by atoms with Crippen LogP contribution in [0.4, 0.5) is 4.79 Å². The second kappa shape index (κ2) is 8.34. The molecule has 4 nitrogen and oxygen atoms in total. The SMILES string of the molecule is O=C(NC(C1CCCCC1)N1CCCC1)OCc1ccccc1. The van der Waals surface area contributed by atoms with E-state index in [-0.39, 0.29) is 12.3 Å². The van der Waals surface area contributed by atoms with Crippen LogP contribution in [-0.4, -0.2) is 30.2 Å². The fourth-order valence-corrected chi connectivity index (χ4v) is 3.86. The fourth-order valence-electron chi connectivity index (χ4n) is 3.86. The van der Waals surface area contributed by atoms with Crippen LogP contribution in [0.3, 0.4) is 0 Å². The van der Waals surface area contributed by atoms with Gasteiger partial charge < -0.3 is 10.1 Å². The number of rotatable bonds is 5. The summed E-state index contributed by atoms with van der Waals surface area (Å²) in [6.45, 7) is 2.53. The first-order valence-corrected chi connectivity index (χ1v) is 9.04. The first kappa shape index (κ1) is 16.3. The van der Waals surface area contributed by atoms with Gasteiger partial charge in [-0.1, -0.05) is 49.6 Å². The molecule has 4 heteroatoms. The number of ether oxygens (including phenoxy) is 1. The van der Waals surface area contributed by atoms with E-state index in [9.17, 15) is 4.79 Å². The number of amides is 1. The smallest absolute Gasteiger partial charge is 0.408 e. The molecule has 1 heterocycles. The molecule has 1 atom stereocenters. The summed E-state index contributed by atoms with van der Waals surface area (Å²) in [5.41, 5.74) is 1.03. The first-order chi connectivity index (χ1) is 11.3. The summed E-state index contributed by atoms with van der Waals surface area (Å²) in [5.74, 6) is 0.575. The Kier molecular flexibility index (Phi) is 5.92. The molecule has 0 spiro atoms. The Hall–Kier alpha value is -1.55. The largest absolute Gasteiger partial charge is 0.445 e. The van der Waals surface area contributed by atoms with Gasteiger partial charge in [0.25, 0.3) is 0 Å². The number of alkyl carbamates (subject to hydrolysis) is 1. The summed E-state index contributed by atoms with van der Waals surface area (Å²) < 4.78 is 5.43. The average Bonchev–Trinajstić information content (AvgIpc) is 3.14. The van der Waals surface area contributed by atoms with Crippen molar-refractivity contribution in [1.29, 1.82) is 0 Å². The number of benzene rings is 1. The van der Waals surface area contributed by atoms with E-state index in [4.69, 9.17) is 4.74 Å². The highest BCUT2D eigenvalue weighted by Gasteiger charge is 2.31. The number of carbonyl (C=O) groups is 1. The van der Waals surface area contributed by atoms with Crippen molar-refractivity contribution in [3.05, 3.63) is 35.9 Å². The van der Waals surface area contributed by atoms with Crippen LogP contribution in [0.15, 0.2) is 30.3 Å². The predicted molar refractivity (Wildman–Crippen MR) is 90.9 cm³/mol. The molecule has 1 aliphatic carbocycles. The Bertz CT molecular complexity index is 479. The molecule has 1 saturated heterocycles. The van der Waals surface area contributed by atoms with Crippen LogP contribution < -0.4 is 5.32 Å². The maximum Gasteiger partial charge on any atom is 0.408 e. The van der Waals surface area contributed by atoms with E-state index in [0.29, 0.717) is 12.5 Å². The molecule has 126 valence electrons. The molecule has 1 aliphatic heterocycles. The van der Waals surface area contributed by atoms with Gasteiger partial charge in [0.05, 0.1) is 6.17 Å². The van der Waals surface area contributed by atoms with Crippen molar-refractivity contribution in [2.75, 3.05) is 13.1 Å². The van der Waals surface area contributed by atoms with Crippen LogP contribution in [0.1, 0.15) is 50.5 Å². The second-order valence-corrected chi connectivity index (χ2v) is 6.79. The van der Waals surface area contributed by atoms with Gasteiger partial charge in [0.15, 0.2) is 0 Å². The Balaban J connectivity index is 1.55. The molecular formula is C19H28N2O2. The summed E-state index contributed by atoms with van der Waals surface area (Å²) in [6.07, 6.45) is 8.71. The Labute approximate surface area is 139 Å². The van der Waals surface area contributed by atoms with Gasteiger partial charge in [-0.05, 0) is 37.2 Å². The van der Waals surface area contributed by atoms with Crippen molar-refractivity contribution in [2.24, 2.45) is 5.92 Å². The second-order valence-electron chi connectivity index (χ2n) is 6.79. The minimum absolute atomic E-state index is 0.154. The number of nitrogens with zero attached hydrogens (tertiary/aromatic N) is 1. The van der Waals surface area contributed by atoms with Crippen LogP contribution >= 0.6 is 0 Å². The third kappa shape index (κ3) is 4.71. The van der Waals surface area contributed by atoms with Crippen LogP contribution in [0.5, 0.6) is 0 Å². The van der Waals surface area contributed by atoms with E-state index < -0.39 is 0 Å². The predicted octanol–water partition coefficient (Wildman–Crippen LogP) is 3.92. The van der Waals surface area contributed by atoms with Crippen molar-refractivity contribution >= 4 is 6.09 Å². The zero-order valence-electron chi connectivity index (χ0n) is 13.9. The number of carbonyl (C=O) groups excluding carboxylic acids is 1. The standard InChI is InChI=1S/C19H28N2O2/c22-19(23-15-16-9-3-1-4-10-16)20-18(21-13-7-8-14-21)17-11-5-2-6-12-17/h1,3-4,9-10,17-18H,2,5-8,11-15H2,(H,20,22). The lowest BCUT2D eigenvalue weighted by molar-refractivity contribution is 0.0852. The molecule has 1 aromatic carbocycles. The highest BCUT2D eigenvalue weighted by atomic mass is 16.5. The summed E-state index contributed by atoms with van der Waals surface area (Å²) in [4.78, 5) is 14.7. The first-order valence-electron chi connectivity index (χ1n) is 9.04. The van der Waals surface area contributed by atoms with Crippen LogP contribution in [0.25, 0.3) is 0 Å². The van der Waals surface area contributed by atoms with Gasteiger partial charge in [0.1, 0.15) is 6.61 Å². The quantitative estimate of drug-likeness (QED) is 0.895. The van der Waals surface area contributed by atoms with Crippen LogP contribution in [-0.2, 0) is 11.3 Å². The number of hydrogen-bond donors (Lipinski definition) is 1. The van der Waals surface area contributed by atoms with E-state index in [2.05, 4.69) is 10.2 Å². The van der Waals surface area contributed by atoms with Gasteiger partial charge in [-0.25, -0.2) is 4.79 Å². The van der Waals surface area contributed by atoms with Crippen LogP contribution in [0.2, 0.25) is 0 Å². The van der Waals surface area contributed by atoms with Gasteiger partial charge in [-0.2, -0.15) is 0 Å². The molecular weight excluding hydrogens is 288 g/mol. The van der Waals surface area contributed by atoms with Gasteiger partial charge in [-0.15, -0.1) is 0 Å². The average molecular weight is 316 g/mol. The summed E-state index contributed by atoms with van der Waals surface area (Å²) in [7, 11) is 0. The number of nitrogens with one attached hydrogen (secondary N) is 1. The Morgan fingerprint density at radius 1 is 1.09 bits per heavy atom. The highest BCUT2D eigenvalue weighted by molar-refractivity contribution is 5.67. The van der Waals surface area contributed by atoms with E-state index in [1.807, 2.05) is 30.3 Å². The lowest BCUT2D eigenvalue weighted by Crippen LogP contribution is -2.52. The summed E-state index contributed by atoms with van der Waals surface area (Å²) in [5, 5.41) is 3.16. The fraction of sp³-hybridized carbons (Fsp3) is 0.632. The van der Waals surface area contributed by atoms with Crippen molar-refractivity contribution in [2.45, 2.75) is 57.7 Å². The molecule has 2 aliphatic rings. The van der Waals surface area contributed by atoms with E-state index in [1.54, 1.807) is 0 Å². The normalized spacial score (nSPS) is 21.0. The number of hydrogen-bond acceptors (Lipinski definition) is 3. The topological polar surface area (TPSA) is 41.6 Å². The molecule has 23 heavy (non-hydrogen) atoms. The molecule has 1 unspecified atom stereocenters. The van der Waals surface area contributed by atoms with Gasteiger partial charge in [0, 0.05) is 13.1 Å². The van der Waals surface area contributed by atoms with Gasteiger partial charge in [-0.3, -0.25) is 4.90 Å². The number of likely N-dealkylation sites (tertiary alicyclic amines) is 1. The summed E-state index contributed by atoms with van der Waals surface area (Å²) >= 11 is 0. The van der Waals surface area contributed by atoms with Crippen molar-refractivity contribution < 1.29 is 9.53 Å². The maximum atomic E-state index is 12.3. The molecule has 2 fully saturated rings. The zero-order valence-corrected chi connectivity index (χ0v) is 13.9. The molecule has 3 rings (SSSR count). The lowest BCUT2D eigenvalue weighted by atomic mass is 9.86. The monoisotopic (exact) mass is 316 g/mol. The molecule has 1 N–H and O–H groups in total. The molecule has 0 aromatic heterocycles. The highest BCUT2D eigenvalue weighted by Crippen LogP contribution is 2.29. The van der Waals surface area contributed by atoms with Crippen molar-refractivity contribution in [3.63, 3.8) is 0 Å². The third-order valence-electron chi connectivity index (χ3n) is 5.11. The minimum Gasteiger partial charge on any atom is -0.445 e. The molecule has 1 amide bonds. The van der Waals surface area contributed by atoms with E-state index in [0.717, 1.165) is 18.7 Å². The maximum absolute atomic E-state index is 12.3. The Morgan fingerprint density at radius 3 is 2.48 bits per heavy atom. The minimum atomic E-state index is -0.281. The third-order valence-corrected chi connectivity index (χ3v) is 5.11. The molecule has 0 radical (unpaired) electrons. The van der Waals surface area contributed by atoms with E-state index >= 15 is 0 Å². The summed E-state index contributed by atoms with van der Waals surface area (Å²) in [6, 6.07) is 9.85. The molecule has 1 aromatic rings. The molecule has 0 bridgehead atoms. The van der Waals surface area contributed by atoms with Crippen molar-refractivity contribution in [1.82, 2.24) is 10.2 Å². The van der Waals surface area contributed by atoms with Crippen molar-refractivity contribution in [3.8, 4) is 0 Å². The molecule has 1 saturated carbocycles. The van der Waals surface area contributed by atoms with Gasteiger partial charge >= 0.3 is 6.09 Å². The van der Waals surface area contributed by atoms with Crippen LogP contribution in [0, 0.1) is 5.92 Å². The lowest BCUT2D eigenvalue weighted by Gasteiger charge is -2.36.